The highest BCUT2D eigenvalue weighted by Crippen LogP contribution is 2.19. The standard InChI is InChI=1S/C17H19N3/c1-13(15-6-4-3-5-7-15)8-10-19-17-16(12-18)14(2)9-11-20-17/h3-7,9,11,13H,8,10H2,1-2H3,(H,19,20). The molecule has 0 radical (unpaired) electrons. The lowest BCUT2D eigenvalue weighted by Gasteiger charge is -2.13. The molecule has 0 aliphatic rings. The highest BCUT2D eigenvalue weighted by molar-refractivity contribution is 5.55. The van der Waals surface area contributed by atoms with Gasteiger partial charge in [0.1, 0.15) is 11.9 Å². The van der Waals surface area contributed by atoms with Gasteiger partial charge in [-0.3, -0.25) is 0 Å². The minimum absolute atomic E-state index is 0.485. The van der Waals surface area contributed by atoms with Crippen LogP contribution < -0.4 is 5.32 Å². The zero-order valence-corrected chi connectivity index (χ0v) is 11.9. The van der Waals surface area contributed by atoms with Gasteiger partial charge in [0.15, 0.2) is 0 Å². The molecule has 0 aliphatic heterocycles. The zero-order chi connectivity index (χ0) is 14.4. The first-order valence-corrected chi connectivity index (χ1v) is 6.87. The van der Waals surface area contributed by atoms with E-state index in [2.05, 4.69) is 47.6 Å². The van der Waals surface area contributed by atoms with E-state index >= 15 is 0 Å². The van der Waals surface area contributed by atoms with Crippen molar-refractivity contribution < 1.29 is 0 Å². The van der Waals surface area contributed by atoms with Crippen LogP contribution >= 0.6 is 0 Å². The van der Waals surface area contributed by atoms with Crippen LogP contribution in [0.1, 0.15) is 36.0 Å². The summed E-state index contributed by atoms with van der Waals surface area (Å²) in [4.78, 5) is 4.25. The van der Waals surface area contributed by atoms with Crippen molar-refractivity contribution in [3.63, 3.8) is 0 Å². The highest BCUT2D eigenvalue weighted by atomic mass is 15.0. The molecule has 1 aromatic carbocycles. The molecule has 0 amide bonds. The minimum Gasteiger partial charge on any atom is -0.369 e. The maximum Gasteiger partial charge on any atom is 0.144 e. The number of aryl methyl sites for hydroxylation is 1. The number of hydrogen-bond acceptors (Lipinski definition) is 3. The maximum absolute atomic E-state index is 9.16. The summed E-state index contributed by atoms with van der Waals surface area (Å²) >= 11 is 0. The number of benzene rings is 1. The van der Waals surface area contributed by atoms with Crippen molar-refractivity contribution in [2.24, 2.45) is 0 Å². The van der Waals surface area contributed by atoms with Crippen LogP contribution in [-0.4, -0.2) is 11.5 Å². The lowest BCUT2D eigenvalue weighted by Crippen LogP contribution is -2.09. The summed E-state index contributed by atoms with van der Waals surface area (Å²) in [5.74, 6) is 1.17. The van der Waals surface area contributed by atoms with Crippen molar-refractivity contribution in [3.8, 4) is 6.07 Å². The normalized spacial score (nSPS) is 11.7. The fourth-order valence-electron chi connectivity index (χ4n) is 2.19. The van der Waals surface area contributed by atoms with Gasteiger partial charge in [-0.1, -0.05) is 37.3 Å². The monoisotopic (exact) mass is 265 g/mol. The summed E-state index contributed by atoms with van der Waals surface area (Å²) in [6, 6.07) is 14.5. The smallest absolute Gasteiger partial charge is 0.144 e. The van der Waals surface area contributed by atoms with Gasteiger partial charge >= 0.3 is 0 Å². The van der Waals surface area contributed by atoms with E-state index in [9.17, 15) is 0 Å². The van der Waals surface area contributed by atoms with Crippen LogP contribution in [0.4, 0.5) is 5.82 Å². The molecule has 2 rings (SSSR count). The van der Waals surface area contributed by atoms with E-state index in [0.29, 0.717) is 17.3 Å². The number of anilines is 1. The largest absolute Gasteiger partial charge is 0.369 e. The summed E-state index contributed by atoms with van der Waals surface area (Å²) < 4.78 is 0. The van der Waals surface area contributed by atoms with Gasteiger partial charge in [0.05, 0.1) is 5.56 Å². The summed E-state index contributed by atoms with van der Waals surface area (Å²) in [5, 5.41) is 12.4. The molecule has 1 unspecified atom stereocenters. The van der Waals surface area contributed by atoms with Gasteiger partial charge < -0.3 is 5.32 Å². The number of pyridine rings is 1. The summed E-state index contributed by atoms with van der Waals surface area (Å²) in [5.41, 5.74) is 2.94. The third kappa shape index (κ3) is 3.36. The molecule has 1 atom stereocenters. The van der Waals surface area contributed by atoms with Crippen LogP contribution in [0.25, 0.3) is 0 Å². The first-order chi connectivity index (χ1) is 9.72. The summed E-state index contributed by atoms with van der Waals surface area (Å²) in [6.07, 6.45) is 2.74. The van der Waals surface area contributed by atoms with Crippen LogP contribution in [0, 0.1) is 18.3 Å². The molecule has 20 heavy (non-hydrogen) atoms. The molecular weight excluding hydrogens is 246 g/mol. The molecule has 1 heterocycles. The molecule has 0 saturated carbocycles. The minimum atomic E-state index is 0.485. The third-order valence-electron chi connectivity index (χ3n) is 3.51. The Kier molecular flexibility index (Phi) is 4.73. The zero-order valence-electron chi connectivity index (χ0n) is 11.9. The van der Waals surface area contributed by atoms with E-state index < -0.39 is 0 Å². The second-order valence-electron chi connectivity index (χ2n) is 4.99. The Morgan fingerprint density at radius 1 is 1.25 bits per heavy atom. The topological polar surface area (TPSA) is 48.7 Å². The average molecular weight is 265 g/mol. The SMILES string of the molecule is Cc1ccnc(NCCC(C)c2ccccc2)c1C#N. The number of hydrogen-bond donors (Lipinski definition) is 1. The molecule has 2 aromatic rings. The summed E-state index contributed by atoms with van der Waals surface area (Å²) in [6.45, 7) is 4.95. The Morgan fingerprint density at radius 2 is 2.00 bits per heavy atom. The number of nitrogens with one attached hydrogen (secondary N) is 1. The van der Waals surface area contributed by atoms with E-state index in [1.54, 1.807) is 6.20 Å². The number of nitrogens with zero attached hydrogens (tertiary/aromatic N) is 2. The van der Waals surface area contributed by atoms with E-state index in [4.69, 9.17) is 5.26 Å². The van der Waals surface area contributed by atoms with E-state index in [1.165, 1.54) is 5.56 Å². The van der Waals surface area contributed by atoms with Crippen molar-refractivity contribution in [2.75, 3.05) is 11.9 Å². The molecular formula is C17H19N3. The molecule has 1 aromatic heterocycles. The first-order valence-electron chi connectivity index (χ1n) is 6.87. The Hall–Kier alpha value is -2.34. The highest BCUT2D eigenvalue weighted by Gasteiger charge is 2.08. The molecule has 0 saturated heterocycles. The van der Waals surface area contributed by atoms with Crippen LogP contribution in [0.3, 0.4) is 0 Å². The van der Waals surface area contributed by atoms with Gasteiger partial charge in [0, 0.05) is 12.7 Å². The van der Waals surface area contributed by atoms with Gasteiger partial charge in [-0.25, -0.2) is 4.98 Å². The third-order valence-corrected chi connectivity index (χ3v) is 3.51. The fourth-order valence-corrected chi connectivity index (χ4v) is 2.19. The second-order valence-corrected chi connectivity index (χ2v) is 4.99. The number of nitriles is 1. The molecule has 0 fully saturated rings. The molecule has 0 aliphatic carbocycles. The van der Waals surface area contributed by atoms with Crippen LogP contribution in [-0.2, 0) is 0 Å². The summed E-state index contributed by atoms with van der Waals surface area (Å²) in [7, 11) is 0. The Bertz CT molecular complexity index is 599. The maximum atomic E-state index is 9.16. The Balaban J connectivity index is 1.94. The van der Waals surface area contributed by atoms with Crippen molar-refractivity contribution >= 4 is 5.82 Å². The predicted molar refractivity (Wildman–Crippen MR) is 81.7 cm³/mol. The van der Waals surface area contributed by atoms with Crippen LogP contribution in [0.2, 0.25) is 0 Å². The van der Waals surface area contributed by atoms with E-state index in [1.807, 2.05) is 19.1 Å². The molecule has 3 nitrogen and oxygen atoms in total. The Labute approximate surface area is 120 Å². The lowest BCUT2D eigenvalue weighted by atomic mass is 9.98. The van der Waals surface area contributed by atoms with Crippen molar-refractivity contribution in [3.05, 3.63) is 59.3 Å². The van der Waals surface area contributed by atoms with Crippen LogP contribution in [0.15, 0.2) is 42.6 Å². The first kappa shape index (κ1) is 14.1. The van der Waals surface area contributed by atoms with Crippen molar-refractivity contribution in [2.45, 2.75) is 26.2 Å². The molecule has 1 N–H and O–H groups in total. The predicted octanol–water partition coefficient (Wildman–Crippen LogP) is 3.87. The molecule has 0 spiro atoms. The van der Waals surface area contributed by atoms with Gasteiger partial charge in [-0.05, 0) is 36.5 Å². The lowest BCUT2D eigenvalue weighted by molar-refractivity contribution is 0.704. The molecule has 102 valence electrons. The number of rotatable bonds is 5. The molecule has 0 bridgehead atoms. The molecule has 3 heteroatoms. The van der Waals surface area contributed by atoms with Crippen LogP contribution in [0.5, 0.6) is 0 Å². The second kappa shape index (κ2) is 6.72. The van der Waals surface area contributed by atoms with Gasteiger partial charge in [-0.15, -0.1) is 0 Å². The Morgan fingerprint density at radius 3 is 2.70 bits per heavy atom. The van der Waals surface area contributed by atoms with Gasteiger partial charge in [-0.2, -0.15) is 5.26 Å². The van der Waals surface area contributed by atoms with E-state index in [0.717, 1.165) is 18.5 Å². The number of aromatic nitrogens is 1. The van der Waals surface area contributed by atoms with Gasteiger partial charge in [0.2, 0.25) is 0 Å². The van der Waals surface area contributed by atoms with Gasteiger partial charge in [0.25, 0.3) is 0 Å². The van der Waals surface area contributed by atoms with E-state index in [-0.39, 0.29) is 0 Å². The quantitative estimate of drug-likeness (QED) is 0.892. The van der Waals surface area contributed by atoms with Crippen molar-refractivity contribution in [1.29, 1.82) is 5.26 Å². The fraction of sp³-hybridized carbons (Fsp3) is 0.294. The van der Waals surface area contributed by atoms with Crippen molar-refractivity contribution in [1.82, 2.24) is 4.98 Å². The average Bonchev–Trinajstić information content (AvgIpc) is 2.48.